The Morgan fingerprint density at radius 1 is 1.08 bits per heavy atom. The first kappa shape index (κ1) is 27.4. The molecule has 3 atom stereocenters. The van der Waals surface area contributed by atoms with Crippen LogP contribution in [0.25, 0.3) is 0 Å². The van der Waals surface area contributed by atoms with E-state index in [0.29, 0.717) is 36.1 Å². The summed E-state index contributed by atoms with van der Waals surface area (Å²) in [5.41, 5.74) is 0.336. The van der Waals surface area contributed by atoms with Crippen molar-refractivity contribution in [2.24, 2.45) is 11.8 Å². The molecule has 0 bridgehead atoms. The first-order valence-electron chi connectivity index (χ1n) is 12.7. The van der Waals surface area contributed by atoms with E-state index < -0.39 is 23.5 Å². The number of amides is 4. The highest BCUT2D eigenvalue weighted by molar-refractivity contribution is 6.39. The Morgan fingerprint density at radius 2 is 1.81 bits per heavy atom. The quantitative estimate of drug-likeness (QED) is 0.611. The fourth-order valence-electron chi connectivity index (χ4n) is 5.00. The van der Waals surface area contributed by atoms with E-state index in [1.165, 1.54) is 6.20 Å². The molecule has 2 aliphatic rings. The number of nitrogens with one attached hydrogen (secondary N) is 2. The minimum absolute atomic E-state index is 0.0481. The van der Waals surface area contributed by atoms with Gasteiger partial charge in [0.15, 0.2) is 0 Å². The lowest BCUT2D eigenvalue weighted by atomic mass is 9.82. The number of ether oxygens (including phenoxy) is 1. The highest BCUT2D eigenvalue weighted by Gasteiger charge is 2.39. The fourth-order valence-corrected chi connectivity index (χ4v) is 5.00. The zero-order valence-corrected chi connectivity index (χ0v) is 22.2. The second-order valence-corrected chi connectivity index (χ2v) is 11.0. The molecule has 36 heavy (non-hydrogen) atoms. The zero-order chi connectivity index (χ0) is 26.6. The normalized spacial score (nSPS) is 22.6. The Balaban J connectivity index is 1.67. The minimum atomic E-state index is -0.720. The van der Waals surface area contributed by atoms with Crippen LogP contribution in [0.15, 0.2) is 12.3 Å². The SMILES string of the molecule is CC(=O)N1CCCC([C@H]2CC[C@H](C)CN2C(=O)C(=O)Nc2cnc(NC(=O)OC(C)(C)C)c(C)c2)C1. The number of pyridine rings is 1. The van der Waals surface area contributed by atoms with Gasteiger partial charge in [0.25, 0.3) is 0 Å². The van der Waals surface area contributed by atoms with E-state index in [9.17, 15) is 19.2 Å². The van der Waals surface area contributed by atoms with Gasteiger partial charge in [-0.25, -0.2) is 9.78 Å². The predicted molar refractivity (Wildman–Crippen MR) is 136 cm³/mol. The number of anilines is 2. The molecule has 10 nitrogen and oxygen atoms in total. The van der Waals surface area contributed by atoms with Crippen molar-refractivity contribution in [2.75, 3.05) is 30.3 Å². The maximum absolute atomic E-state index is 13.3. The Morgan fingerprint density at radius 3 is 2.44 bits per heavy atom. The molecule has 1 aromatic rings. The molecule has 3 heterocycles. The van der Waals surface area contributed by atoms with E-state index in [-0.39, 0.29) is 17.9 Å². The number of carbonyl (C=O) groups excluding carboxylic acids is 4. The van der Waals surface area contributed by atoms with Crippen molar-refractivity contribution in [3.63, 3.8) is 0 Å². The predicted octanol–water partition coefficient (Wildman–Crippen LogP) is 3.56. The molecule has 3 rings (SSSR count). The molecule has 1 unspecified atom stereocenters. The molecule has 0 spiro atoms. The van der Waals surface area contributed by atoms with Crippen LogP contribution in [0.2, 0.25) is 0 Å². The number of likely N-dealkylation sites (tertiary alicyclic amines) is 2. The summed E-state index contributed by atoms with van der Waals surface area (Å²) in [5.74, 6) is -0.470. The minimum Gasteiger partial charge on any atom is -0.444 e. The monoisotopic (exact) mass is 501 g/mol. The van der Waals surface area contributed by atoms with Gasteiger partial charge in [-0.05, 0) is 76.8 Å². The van der Waals surface area contributed by atoms with Crippen molar-refractivity contribution >= 4 is 35.3 Å². The third-order valence-electron chi connectivity index (χ3n) is 6.72. The molecule has 4 amide bonds. The van der Waals surface area contributed by atoms with Crippen LogP contribution >= 0.6 is 0 Å². The largest absolute Gasteiger partial charge is 0.444 e. The van der Waals surface area contributed by atoms with Crippen LogP contribution in [0.1, 0.15) is 65.9 Å². The van der Waals surface area contributed by atoms with Gasteiger partial charge in [-0.1, -0.05) is 6.92 Å². The molecule has 0 aliphatic carbocycles. The van der Waals surface area contributed by atoms with Crippen LogP contribution in [-0.4, -0.2) is 69.9 Å². The van der Waals surface area contributed by atoms with Crippen molar-refractivity contribution in [1.82, 2.24) is 14.8 Å². The smallest absolute Gasteiger partial charge is 0.413 e. The van der Waals surface area contributed by atoms with Crippen molar-refractivity contribution < 1.29 is 23.9 Å². The number of carbonyl (C=O) groups is 4. The van der Waals surface area contributed by atoms with Gasteiger partial charge in [-0.2, -0.15) is 0 Å². The topological polar surface area (TPSA) is 121 Å². The molecular weight excluding hydrogens is 462 g/mol. The Kier molecular flexibility index (Phi) is 8.58. The molecule has 2 aliphatic heterocycles. The second-order valence-electron chi connectivity index (χ2n) is 11.0. The summed E-state index contributed by atoms with van der Waals surface area (Å²) in [5, 5.41) is 5.25. The second kappa shape index (κ2) is 11.3. The van der Waals surface area contributed by atoms with Gasteiger partial charge in [-0.3, -0.25) is 19.7 Å². The molecule has 2 N–H and O–H groups in total. The van der Waals surface area contributed by atoms with Crippen LogP contribution in [0, 0.1) is 18.8 Å². The first-order chi connectivity index (χ1) is 16.8. The number of piperidine rings is 2. The molecule has 10 heteroatoms. The zero-order valence-electron chi connectivity index (χ0n) is 22.2. The van der Waals surface area contributed by atoms with E-state index >= 15 is 0 Å². The van der Waals surface area contributed by atoms with Crippen molar-refractivity contribution in [3.8, 4) is 0 Å². The van der Waals surface area contributed by atoms with Gasteiger partial charge in [0.05, 0.1) is 11.9 Å². The third kappa shape index (κ3) is 7.18. The van der Waals surface area contributed by atoms with Crippen LogP contribution < -0.4 is 10.6 Å². The number of aryl methyl sites for hydroxylation is 1. The summed E-state index contributed by atoms with van der Waals surface area (Å²) in [6, 6.07) is 1.58. The molecular formula is C26H39N5O5. The molecule has 0 saturated carbocycles. The van der Waals surface area contributed by atoms with Gasteiger partial charge in [-0.15, -0.1) is 0 Å². The van der Waals surface area contributed by atoms with Gasteiger partial charge < -0.3 is 19.9 Å². The van der Waals surface area contributed by atoms with E-state index in [1.807, 2.05) is 4.90 Å². The Labute approximate surface area is 213 Å². The van der Waals surface area contributed by atoms with Gasteiger partial charge in [0.2, 0.25) is 5.91 Å². The van der Waals surface area contributed by atoms with Gasteiger partial charge in [0.1, 0.15) is 11.4 Å². The molecule has 0 aromatic carbocycles. The highest BCUT2D eigenvalue weighted by Crippen LogP contribution is 2.32. The van der Waals surface area contributed by atoms with Crippen LogP contribution in [0.5, 0.6) is 0 Å². The van der Waals surface area contributed by atoms with E-state index in [1.54, 1.807) is 45.6 Å². The summed E-state index contributed by atoms with van der Waals surface area (Å²) in [6.45, 7) is 12.6. The maximum Gasteiger partial charge on any atom is 0.413 e. The van der Waals surface area contributed by atoms with Crippen molar-refractivity contribution in [2.45, 2.75) is 78.9 Å². The van der Waals surface area contributed by atoms with Crippen molar-refractivity contribution in [3.05, 3.63) is 17.8 Å². The molecule has 198 valence electrons. The maximum atomic E-state index is 13.3. The standard InChI is InChI=1S/C26H39N5O5/c1-16-9-10-21(19-8-7-11-30(15-19)18(3)32)31(14-16)24(34)23(33)28-20-12-17(2)22(27-13-20)29-25(35)36-26(4,5)6/h12-13,16,19,21H,7-11,14-15H2,1-6H3,(H,28,33)(H,27,29,35)/t16-,19?,21+/m0/s1. The summed E-state index contributed by atoms with van der Waals surface area (Å²) >= 11 is 0. The number of hydrogen-bond donors (Lipinski definition) is 2. The Hall–Kier alpha value is -3.17. The van der Waals surface area contributed by atoms with Gasteiger partial charge in [0, 0.05) is 32.6 Å². The van der Waals surface area contributed by atoms with E-state index in [4.69, 9.17) is 4.74 Å². The van der Waals surface area contributed by atoms with Gasteiger partial charge >= 0.3 is 17.9 Å². The molecule has 1 aromatic heterocycles. The van der Waals surface area contributed by atoms with E-state index in [2.05, 4.69) is 22.5 Å². The summed E-state index contributed by atoms with van der Waals surface area (Å²) in [4.78, 5) is 58.0. The van der Waals surface area contributed by atoms with Crippen LogP contribution in [-0.2, 0) is 19.1 Å². The van der Waals surface area contributed by atoms with Crippen LogP contribution in [0.4, 0.5) is 16.3 Å². The number of rotatable bonds is 3. The van der Waals surface area contributed by atoms with Crippen LogP contribution in [0.3, 0.4) is 0 Å². The molecule has 0 radical (unpaired) electrons. The summed E-state index contributed by atoms with van der Waals surface area (Å²) in [6.07, 6.45) is 4.42. The average molecular weight is 502 g/mol. The Bertz CT molecular complexity index is 1000. The van der Waals surface area contributed by atoms with E-state index in [0.717, 1.165) is 32.2 Å². The van der Waals surface area contributed by atoms with Crippen molar-refractivity contribution in [1.29, 1.82) is 0 Å². The fraction of sp³-hybridized carbons (Fsp3) is 0.654. The third-order valence-corrected chi connectivity index (χ3v) is 6.72. The number of hydrogen-bond acceptors (Lipinski definition) is 6. The lowest BCUT2D eigenvalue weighted by molar-refractivity contribution is -0.148. The first-order valence-corrected chi connectivity index (χ1v) is 12.7. The lowest BCUT2D eigenvalue weighted by Crippen LogP contribution is -2.56. The highest BCUT2D eigenvalue weighted by atomic mass is 16.6. The number of aromatic nitrogens is 1. The average Bonchev–Trinajstić information content (AvgIpc) is 2.79. The summed E-state index contributed by atoms with van der Waals surface area (Å²) in [7, 11) is 0. The molecule has 2 fully saturated rings. The summed E-state index contributed by atoms with van der Waals surface area (Å²) < 4.78 is 5.25. The number of nitrogens with zero attached hydrogens (tertiary/aromatic N) is 3. The lowest BCUT2D eigenvalue weighted by Gasteiger charge is -2.45. The molecule has 2 saturated heterocycles.